The predicted molar refractivity (Wildman–Crippen MR) is 94.1 cm³/mol. The van der Waals surface area contributed by atoms with Gasteiger partial charge in [-0.15, -0.1) is 0 Å². The summed E-state index contributed by atoms with van der Waals surface area (Å²) < 4.78 is 49.6. The zero-order chi connectivity index (χ0) is 18.8. The second-order valence-corrected chi connectivity index (χ2v) is 8.58. The lowest BCUT2D eigenvalue weighted by Gasteiger charge is -2.11. The molecule has 2 aromatic carbocycles. The Morgan fingerprint density at radius 3 is 2.00 bits per heavy atom. The van der Waals surface area contributed by atoms with Crippen molar-refractivity contribution in [3.63, 3.8) is 0 Å². The number of carbonyl (C=O) groups is 1. The first-order chi connectivity index (χ1) is 11.5. The van der Waals surface area contributed by atoms with Gasteiger partial charge in [-0.1, -0.05) is 0 Å². The summed E-state index contributed by atoms with van der Waals surface area (Å²) in [6.07, 6.45) is 0. The summed E-state index contributed by atoms with van der Waals surface area (Å²) in [6.45, 7) is 3.03. The molecule has 0 unspecified atom stereocenters. The third-order valence-electron chi connectivity index (χ3n) is 3.25. The molecule has 10 heteroatoms. The Morgan fingerprint density at radius 1 is 0.960 bits per heavy atom. The first-order valence-corrected chi connectivity index (χ1v) is 10.1. The Hall–Kier alpha value is -2.43. The van der Waals surface area contributed by atoms with Crippen LogP contribution in [0.4, 0.5) is 11.4 Å². The van der Waals surface area contributed by atoms with Gasteiger partial charge in [-0.25, -0.2) is 22.0 Å². The van der Waals surface area contributed by atoms with Gasteiger partial charge in [-0.2, -0.15) is 0 Å². The molecule has 0 atom stereocenters. The van der Waals surface area contributed by atoms with Gasteiger partial charge in [0.15, 0.2) is 0 Å². The van der Waals surface area contributed by atoms with Gasteiger partial charge in [0, 0.05) is 18.3 Å². The number of nitrogens with one attached hydrogen (secondary N) is 2. The second kappa shape index (κ2) is 6.82. The monoisotopic (exact) mass is 383 g/mol. The normalized spacial score (nSPS) is 11.8. The van der Waals surface area contributed by atoms with Gasteiger partial charge in [0.1, 0.15) is 0 Å². The van der Waals surface area contributed by atoms with Crippen LogP contribution in [0.15, 0.2) is 52.3 Å². The quantitative estimate of drug-likeness (QED) is 0.717. The summed E-state index contributed by atoms with van der Waals surface area (Å²) >= 11 is 0. The Bertz CT molecular complexity index is 1010. The highest BCUT2D eigenvalue weighted by Crippen LogP contribution is 2.22. The number of hydrogen-bond acceptors (Lipinski definition) is 5. The topological polar surface area (TPSA) is 135 Å². The fourth-order valence-corrected chi connectivity index (χ4v) is 3.72. The second-order valence-electron chi connectivity index (χ2n) is 5.33. The van der Waals surface area contributed by atoms with E-state index in [0.29, 0.717) is 11.3 Å². The van der Waals surface area contributed by atoms with Gasteiger partial charge in [0.25, 0.3) is 10.0 Å². The number of aryl methyl sites for hydroxylation is 1. The molecule has 2 aromatic rings. The van der Waals surface area contributed by atoms with E-state index < -0.39 is 20.0 Å². The molecule has 0 saturated carbocycles. The maximum Gasteiger partial charge on any atom is 0.261 e. The molecule has 0 heterocycles. The van der Waals surface area contributed by atoms with Gasteiger partial charge in [-0.3, -0.25) is 9.52 Å². The van der Waals surface area contributed by atoms with E-state index in [2.05, 4.69) is 10.0 Å². The molecule has 1 amide bonds. The number of benzene rings is 2. The Labute approximate surface area is 146 Å². The van der Waals surface area contributed by atoms with E-state index in [9.17, 15) is 21.6 Å². The Balaban J connectivity index is 2.27. The number of carbonyl (C=O) groups excluding carboxylic acids is 1. The van der Waals surface area contributed by atoms with Crippen LogP contribution in [0.5, 0.6) is 0 Å². The zero-order valence-electron chi connectivity index (χ0n) is 13.5. The van der Waals surface area contributed by atoms with Crippen molar-refractivity contribution in [3.05, 3.63) is 48.0 Å². The molecule has 0 saturated heterocycles. The van der Waals surface area contributed by atoms with E-state index >= 15 is 0 Å². The van der Waals surface area contributed by atoms with Crippen molar-refractivity contribution in [2.75, 3.05) is 10.0 Å². The van der Waals surface area contributed by atoms with Crippen molar-refractivity contribution in [3.8, 4) is 0 Å². The lowest BCUT2D eigenvalue weighted by Crippen LogP contribution is -2.15. The average molecular weight is 383 g/mol. The molecule has 0 aromatic heterocycles. The van der Waals surface area contributed by atoms with Crippen molar-refractivity contribution in [2.24, 2.45) is 5.14 Å². The van der Waals surface area contributed by atoms with Gasteiger partial charge in [0.05, 0.1) is 9.79 Å². The van der Waals surface area contributed by atoms with Gasteiger partial charge in [-0.05, 0) is 55.0 Å². The predicted octanol–water partition coefficient (Wildman–Crippen LogP) is 1.40. The number of anilines is 2. The molecule has 25 heavy (non-hydrogen) atoms. The van der Waals surface area contributed by atoms with E-state index in [4.69, 9.17) is 5.14 Å². The standard InChI is InChI=1S/C15H17N3O5S2/c1-10-9-14(7-8-15(10)17-11(2)19)25(22,23)18-12-3-5-13(6-4-12)24(16,20)21/h3-9,18H,1-2H3,(H,17,19)(H2,16,20,21). The molecule has 0 aliphatic carbocycles. The number of amides is 1. The average Bonchev–Trinajstić information content (AvgIpc) is 2.48. The van der Waals surface area contributed by atoms with E-state index in [1.54, 1.807) is 6.92 Å². The van der Waals surface area contributed by atoms with Gasteiger partial charge >= 0.3 is 0 Å². The van der Waals surface area contributed by atoms with E-state index in [1.165, 1.54) is 49.4 Å². The molecule has 4 N–H and O–H groups in total. The first-order valence-electron chi connectivity index (χ1n) is 7.03. The minimum absolute atomic E-state index is 0.00891. The molecular weight excluding hydrogens is 366 g/mol. The van der Waals surface area contributed by atoms with Crippen LogP contribution >= 0.6 is 0 Å². The summed E-state index contributed by atoms with van der Waals surface area (Å²) in [5.41, 5.74) is 1.29. The van der Waals surface area contributed by atoms with Crippen molar-refractivity contribution < 1.29 is 21.6 Å². The summed E-state index contributed by atoms with van der Waals surface area (Å²) in [5.74, 6) is -0.258. The van der Waals surface area contributed by atoms with Crippen molar-refractivity contribution >= 4 is 37.3 Å². The summed E-state index contributed by atoms with van der Waals surface area (Å²) in [7, 11) is -7.72. The Morgan fingerprint density at radius 2 is 1.52 bits per heavy atom. The maximum atomic E-state index is 12.4. The number of rotatable bonds is 5. The van der Waals surface area contributed by atoms with Crippen LogP contribution in [-0.4, -0.2) is 22.7 Å². The number of primary sulfonamides is 1. The van der Waals surface area contributed by atoms with Crippen LogP contribution in [0.2, 0.25) is 0 Å². The van der Waals surface area contributed by atoms with Gasteiger partial charge < -0.3 is 5.32 Å². The van der Waals surface area contributed by atoms with E-state index in [-0.39, 0.29) is 21.4 Å². The molecule has 0 fully saturated rings. The summed E-state index contributed by atoms with van der Waals surface area (Å²) in [5, 5.41) is 7.59. The molecule has 134 valence electrons. The number of sulfonamides is 2. The molecule has 0 aliphatic rings. The minimum atomic E-state index is -3.87. The van der Waals surface area contributed by atoms with Gasteiger partial charge in [0.2, 0.25) is 15.9 Å². The fraction of sp³-hybridized carbons (Fsp3) is 0.133. The number of nitrogens with two attached hydrogens (primary N) is 1. The largest absolute Gasteiger partial charge is 0.326 e. The van der Waals surface area contributed by atoms with Crippen LogP contribution in [0.1, 0.15) is 12.5 Å². The van der Waals surface area contributed by atoms with Crippen molar-refractivity contribution in [2.45, 2.75) is 23.6 Å². The molecule has 8 nitrogen and oxygen atoms in total. The lowest BCUT2D eigenvalue weighted by atomic mass is 10.2. The smallest absolute Gasteiger partial charge is 0.261 e. The molecule has 0 radical (unpaired) electrons. The van der Waals surface area contributed by atoms with Crippen LogP contribution in [0.3, 0.4) is 0 Å². The maximum absolute atomic E-state index is 12.4. The molecule has 0 spiro atoms. The van der Waals surface area contributed by atoms with Crippen LogP contribution < -0.4 is 15.2 Å². The first kappa shape index (κ1) is 18.9. The lowest BCUT2D eigenvalue weighted by molar-refractivity contribution is -0.114. The highest BCUT2D eigenvalue weighted by Gasteiger charge is 2.16. The third-order valence-corrected chi connectivity index (χ3v) is 5.56. The highest BCUT2D eigenvalue weighted by atomic mass is 32.2. The molecular formula is C15H17N3O5S2. The Kier molecular flexibility index (Phi) is 5.16. The molecule has 2 rings (SSSR count). The fourth-order valence-electron chi connectivity index (χ4n) is 2.06. The zero-order valence-corrected chi connectivity index (χ0v) is 15.1. The minimum Gasteiger partial charge on any atom is -0.326 e. The van der Waals surface area contributed by atoms with Crippen LogP contribution in [0, 0.1) is 6.92 Å². The SMILES string of the molecule is CC(=O)Nc1ccc(S(=O)(=O)Nc2ccc(S(N)(=O)=O)cc2)cc1C. The van der Waals surface area contributed by atoms with Crippen LogP contribution in [0.25, 0.3) is 0 Å². The summed E-state index contributed by atoms with van der Waals surface area (Å²) in [4.78, 5) is 11.0. The van der Waals surface area contributed by atoms with E-state index in [1.807, 2.05) is 0 Å². The highest BCUT2D eigenvalue weighted by molar-refractivity contribution is 7.92. The summed E-state index contributed by atoms with van der Waals surface area (Å²) in [6, 6.07) is 9.29. The van der Waals surface area contributed by atoms with Crippen molar-refractivity contribution in [1.29, 1.82) is 0 Å². The molecule has 0 bridgehead atoms. The number of hydrogen-bond donors (Lipinski definition) is 3. The third kappa shape index (κ3) is 4.78. The van der Waals surface area contributed by atoms with E-state index in [0.717, 1.165) is 0 Å². The van der Waals surface area contributed by atoms with Crippen LogP contribution in [-0.2, 0) is 24.8 Å². The molecule has 0 aliphatic heterocycles. The van der Waals surface area contributed by atoms with Crippen molar-refractivity contribution in [1.82, 2.24) is 0 Å².